The molecule has 0 saturated carbocycles. The van der Waals surface area contributed by atoms with Gasteiger partial charge in [-0.1, -0.05) is 19.1 Å². The van der Waals surface area contributed by atoms with E-state index in [4.69, 9.17) is 4.98 Å². The summed E-state index contributed by atoms with van der Waals surface area (Å²) in [5.74, 6) is 1.13. The largest absolute Gasteiger partial charge is 0.508 e. The Labute approximate surface area is 227 Å². The van der Waals surface area contributed by atoms with Crippen molar-refractivity contribution in [3.63, 3.8) is 0 Å². The van der Waals surface area contributed by atoms with Crippen molar-refractivity contribution in [3.8, 4) is 28.4 Å². The molecule has 1 atom stereocenters. The number of likely N-dealkylation sites (N-methyl/N-ethyl adjacent to an activating group) is 1. The molecule has 2 aromatic carbocycles. The normalized spacial score (nSPS) is 18.5. The second-order valence-corrected chi connectivity index (χ2v) is 10.6. The second kappa shape index (κ2) is 10.4. The summed E-state index contributed by atoms with van der Waals surface area (Å²) in [6, 6.07) is 11.5. The van der Waals surface area contributed by atoms with E-state index in [2.05, 4.69) is 50.1 Å². The number of hydrogen-bond donors (Lipinski definition) is 4. The smallest absolute Gasteiger partial charge is 0.240 e. The van der Waals surface area contributed by atoms with E-state index in [1.54, 1.807) is 6.07 Å². The topological polar surface area (TPSA) is 125 Å². The van der Waals surface area contributed by atoms with Crippen molar-refractivity contribution in [2.75, 3.05) is 46.4 Å². The molecule has 4 heterocycles. The van der Waals surface area contributed by atoms with Gasteiger partial charge in [0.1, 0.15) is 11.4 Å². The lowest BCUT2D eigenvalue weighted by Gasteiger charge is -2.39. The Hall–Kier alpha value is -3.73. The van der Waals surface area contributed by atoms with Crippen LogP contribution in [0.1, 0.15) is 23.9 Å². The fraction of sp³-hybridized carbons (Fsp3) is 0.414. The number of aliphatic hydroxyl groups is 1. The number of H-pyrrole nitrogens is 2. The highest BCUT2D eigenvalue weighted by Gasteiger charge is 2.35. The number of aromatic hydroxyl groups is 1. The van der Waals surface area contributed by atoms with Gasteiger partial charge in [0.25, 0.3) is 0 Å². The van der Waals surface area contributed by atoms with Crippen LogP contribution in [0.2, 0.25) is 0 Å². The van der Waals surface area contributed by atoms with Crippen LogP contribution >= 0.6 is 0 Å². The Balaban J connectivity index is 1.22. The third-order valence-corrected chi connectivity index (χ3v) is 8.14. The number of aliphatic hydroxyl groups excluding tert-OH is 1. The number of β-amino-alcohol motifs (C(OH)–C–C–N with tert-alkyl or cyclic N) is 1. The first kappa shape index (κ1) is 25.5. The molecule has 2 aromatic heterocycles. The van der Waals surface area contributed by atoms with Gasteiger partial charge in [-0.25, -0.2) is 4.98 Å². The van der Waals surface area contributed by atoms with E-state index >= 15 is 0 Å². The molecule has 204 valence electrons. The van der Waals surface area contributed by atoms with Crippen molar-refractivity contribution in [1.29, 1.82) is 0 Å². The van der Waals surface area contributed by atoms with Crippen LogP contribution in [0, 0.1) is 0 Å². The summed E-state index contributed by atoms with van der Waals surface area (Å²) in [6.45, 7) is 6.47. The number of hydrogen-bond acceptors (Lipinski definition) is 7. The van der Waals surface area contributed by atoms with Crippen LogP contribution in [-0.2, 0) is 24.2 Å². The molecule has 1 saturated heterocycles. The third kappa shape index (κ3) is 4.80. The quantitative estimate of drug-likeness (QED) is 0.302. The summed E-state index contributed by atoms with van der Waals surface area (Å²) in [6.07, 6.45) is 1.39. The number of carbonyl (C=O) groups is 1. The van der Waals surface area contributed by atoms with Crippen molar-refractivity contribution in [3.05, 3.63) is 53.3 Å². The summed E-state index contributed by atoms with van der Waals surface area (Å²) in [4.78, 5) is 28.0. The molecule has 1 fully saturated rings. The molecule has 0 radical (unpaired) electrons. The zero-order chi connectivity index (χ0) is 27.1. The maximum absolute atomic E-state index is 13.4. The van der Waals surface area contributed by atoms with Crippen LogP contribution in [0.15, 0.2) is 36.4 Å². The summed E-state index contributed by atoms with van der Waals surface area (Å²) < 4.78 is 0. The van der Waals surface area contributed by atoms with Crippen molar-refractivity contribution >= 4 is 16.8 Å². The number of imidazole rings is 1. The zero-order valence-electron chi connectivity index (χ0n) is 22.4. The Bertz CT molecular complexity index is 1500. The summed E-state index contributed by atoms with van der Waals surface area (Å²) in [5.41, 5.74) is 6.87. The number of nitrogens with one attached hydrogen (secondary N) is 2. The number of carbonyl (C=O) groups excluding carboxylic acids is 1. The number of benzene rings is 2. The Morgan fingerprint density at radius 1 is 1.13 bits per heavy atom. The van der Waals surface area contributed by atoms with Gasteiger partial charge in [-0.3, -0.25) is 19.7 Å². The van der Waals surface area contributed by atoms with Gasteiger partial charge < -0.3 is 20.1 Å². The molecule has 0 aliphatic carbocycles. The number of nitrogens with zero attached hydrogens (tertiary/aromatic N) is 5. The molecule has 39 heavy (non-hydrogen) atoms. The average molecular weight is 530 g/mol. The van der Waals surface area contributed by atoms with E-state index < -0.39 is 0 Å². The molecule has 10 heteroatoms. The van der Waals surface area contributed by atoms with E-state index in [9.17, 15) is 15.0 Å². The number of phenols is 1. The van der Waals surface area contributed by atoms with Gasteiger partial charge in [-0.05, 0) is 54.4 Å². The van der Waals surface area contributed by atoms with Crippen molar-refractivity contribution in [2.24, 2.45) is 0 Å². The fourth-order valence-corrected chi connectivity index (χ4v) is 5.90. The van der Waals surface area contributed by atoms with Crippen LogP contribution in [0.25, 0.3) is 33.5 Å². The SMILES string of the molecule is CCc1cc(O)ccc1-c1ccc2c(-c3nc4c([nH]3)CN(C)C(C(=O)N3CCN(CCO)CC3)C4)n[nH]c2c1. The minimum Gasteiger partial charge on any atom is -0.508 e. The predicted molar refractivity (Wildman–Crippen MR) is 149 cm³/mol. The summed E-state index contributed by atoms with van der Waals surface area (Å²) >= 11 is 0. The minimum absolute atomic E-state index is 0.147. The molecule has 10 nitrogen and oxygen atoms in total. The molecule has 1 unspecified atom stereocenters. The molecule has 6 rings (SSSR count). The van der Waals surface area contributed by atoms with E-state index in [0.717, 1.165) is 64.2 Å². The van der Waals surface area contributed by atoms with Crippen molar-refractivity contribution < 1.29 is 15.0 Å². The molecule has 1 amide bonds. The fourth-order valence-electron chi connectivity index (χ4n) is 5.90. The number of rotatable bonds is 6. The number of aromatic amines is 2. The lowest BCUT2D eigenvalue weighted by Crippen LogP contribution is -2.56. The number of amides is 1. The van der Waals surface area contributed by atoms with Gasteiger partial charge in [0.15, 0.2) is 5.82 Å². The highest BCUT2D eigenvalue weighted by molar-refractivity contribution is 5.94. The maximum atomic E-state index is 13.4. The summed E-state index contributed by atoms with van der Waals surface area (Å²) in [7, 11) is 1.99. The number of piperazine rings is 1. The van der Waals surface area contributed by atoms with E-state index in [-0.39, 0.29) is 24.3 Å². The molecule has 0 spiro atoms. The van der Waals surface area contributed by atoms with Gasteiger partial charge in [-0.15, -0.1) is 0 Å². The van der Waals surface area contributed by atoms with Crippen molar-refractivity contribution in [2.45, 2.75) is 32.4 Å². The number of aromatic nitrogens is 4. The van der Waals surface area contributed by atoms with Crippen LogP contribution in [0.3, 0.4) is 0 Å². The van der Waals surface area contributed by atoms with Gasteiger partial charge in [0, 0.05) is 51.1 Å². The van der Waals surface area contributed by atoms with E-state index in [0.29, 0.717) is 38.4 Å². The van der Waals surface area contributed by atoms with Gasteiger partial charge in [-0.2, -0.15) is 5.10 Å². The molecule has 4 N–H and O–H groups in total. The van der Waals surface area contributed by atoms with Crippen LogP contribution in [-0.4, -0.2) is 103 Å². The minimum atomic E-state index is -0.241. The van der Waals surface area contributed by atoms with Gasteiger partial charge in [0.05, 0.1) is 29.6 Å². The van der Waals surface area contributed by atoms with Crippen molar-refractivity contribution in [1.82, 2.24) is 34.9 Å². The highest BCUT2D eigenvalue weighted by Crippen LogP contribution is 2.33. The molecular weight excluding hydrogens is 494 g/mol. The maximum Gasteiger partial charge on any atom is 0.240 e. The Morgan fingerprint density at radius 3 is 2.72 bits per heavy atom. The first-order valence-corrected chi connectivity index (χ1v) is 13.7. The third-order valence-electron chi connectivity index (χ3n) is 8.14. The monoisotopic (exact) mass is 529 g/mol. The average Bonchev–Trinajstić information content (AvgIpc) is 3.56. The number of aryl methyl sites for hydroxylation is 1. The standard InChI is InChI=1S/C29H35N7O3/c1-3-18-14-20(38)5-7-21(18)19-4-6-22-23(15-19)32-33-27(22)28-30-24-16-26(34(2)17-25(24)31-28)29(39)36-10-8-35(9-11-36)12-13-37/h4-7,14-15,26,37-38H,3,8-13,16-17H2,1-2H3,(H,30,31)(H,32,33). The van der Waals surface area contributed by atoms with Crippen LogP contribution in [0.5, 0.6) is 5.75 Å². The van der Waals surface area contributed by atoms with E-state index in [1.807, 2.05) is 24.1 Å². The summed E-state index contributed by atoms with van der Waals surface area (Å²) in [5, 5.41) is 27.8. The number of fused-ring (bicyclic) bond motifs is 2. The van der Waals surface area contributed by atoms with Crippen LogP contribution < -0.4 is 0 Å². The van der Waals surface area contributed by atoms with Gasteiger partial charge in [0.2, 0.25) is 5.91 Å². The molecule has 4 aromatic rings. The van der Waals surface area contributed by atoms with Crippen LogP contribution in [0.4, 0.5) is 0 Å². The highest BCUT2D eigenvalue weighted by atomic mass is 16.3. The van der Waals surface area contributed by atoms with Gasteiger partial charge >= 0.3 is 0 Å². The Morgan fingerprint density at radius 2 is 1.95 bits per heavy atom. The lowest BCUT2D eigenvalue weighted by molar-refractivity contribution is -0.139. The second-order valence-electron chi connectivity index (χ2n) is 10.6. The molecule has 2 aliphatic heterocycles. The Kier molecular flexibility index (Phi) is 6.84. The first-order chi connectivity index (χ1) is 18.9. The molecule has 0 bridgehead atoms. The number of phenolic OH excluding ortho intramolecular Hbond substituents is 1. The molecule has 2 aliphatic rings. The lowest BCUT2D eigenvalue weighted by atomic mass is 9.97. The predicted octanol–water partition coefficient (Wildman–Crippen LogP) is 2.38. The van der Waals surface area contributed by atoms with E-state index in [1.165, 1.54) is 0 Å². The first-order valence-electron chi connectivity index (χ1n) is 13.7. The zero-order valence-corrected chi connectivity index (χ0v) is 22.4. The molecular formula is C29H35N7O3.